The van der Waals surface area contributed by atoms with E-state index >= 15 is 0 Å². The lowest BCUT2D eigenvalue weighted by Crippen LogP contribution is -2.14. The van der Waals surface area contributed by atoms with Crippen molar-refractivity contribution in [3.63, 3.8) is 0 Å². The molecule has 0 fully saturated rings. The van der Waals surface area contributed by atoms with Crippen molar-refractivity contribution in [2.75, 3.05) is 4.72 Å². The molecule has 4 aromatic rings. The molecule has 138 valence electrons. The van der Waals surface area contributed by atoms with Gasteiger partial charge >= 0.3 is 0 Å². The molecule has 0 atom stereocenters. The van der Waals surface area contributed by atoms with E-state index < -0.39 is 15.8 Å². The highest BCUT2D eigenvalue weighted by molar-refractivity contribution is 7.92. The Morgan fingerprint density at radius 1 is 0.963 bits per heavy atom. The summed E-state index contributed by atoms with van der Waals surface area (Å²) in [6, 6.07) is 17.2. The van der Waals surface area contributed by atoms with E-state index in [1.807, 2.05) is 30.3 Å². The summed E-state index contributed by atoms with van der Waals surface area (Å²) in [5, 5.41) is 2.07. The number of hydrogen-bond acceptors (Lipinski definition) is 2. The van der Waals surface area contributed by atoms with Gasteiger partial charge in [0.1, 0.15) is 5.82 Å². The van der Waals surface area contributed by atoms with E-state index in [1.165, 1.54) is 12.1 Å². The second-order valence-electron chi connectivity index (χ2n) is 6.51. The Morgan fingerprint density at radius 3 is 2.44 bits per heavy atom. The lowest BCUT2D eigenvalue weighted by atomic mass is 10.1. The number of fused-ring (bicyclic) bond motifs is 3. The molecule has 0 spiro atoms. The Balaban J connectivity index is 1.82. The van der Waals surface area contributed by atoms with Gasteiger partial charge in [0.05, 0.1) is 4.90 Å². The quantitative estimate of drug-likeness (QED) is 0.536. The highest BCUT2D eigenvalue weighted by Gasteiger charge is 2.18. The average Bonchev–Trinajstić information content (AvgIpc) is 2.94. The number of nitrogens with zero attached hydrogens (tertiary/aromatic N) is 1. The van der Waals surface area contributed by atoms with E-state index in [9.17, 15) is 12.8 Å². The van der Waals surface area contributed by atoms with Gasteiger partial charge in [-0.15, -0.1) is 0 Å². The van der Waals surface area contributed by atoms with Crippen molar-refractivity contribution in [2.24, 2.45) is 0 Å². The van der Waals surface area contributed by atoms with Crippen LogP contribution in [0.15, 0.2) is 65.6 Å². The van der Waals surface area contributed by atoms with Crippen molar-refractivity contribution in [1.29, 1.82) is 0 Å². The first kappa shape index (κ1) is 17.5. The van der Waals surface area contributed by atoms with E-state index in [0.717, 1.165) is 34.4 Å². The zero-order valence-electron chi connectivity index (χ0n) is 15.0. The third-order valence-electron chi connectivity index (χ3n) is 4.77. The number of benzene rings is 3. The van der Waals surface area contributed by atoms with Crippen molar-refractivity contribution in [3.8, 4) is 0 Å². The highest BCUT2D eigenvalue weighted by Crippen LogP contribution is 2.31. The molecule has 0 aliphatic carbocycles. The van der Waals surface area contributed by atoms with Crippen LogP contribution in [0, 0.1) is 12.7 Å². The van der Waals surface area contributed by atoms with Gasteiger partial charge in [-0.3, -0.25) is 4.72 Å². The molecule has 0 unspecified atom stereocenters. The maximum Gasteiger partial charge on any atom is 0.262 e. The lowest BCUT2D eigenvalue weighted by molar-refractivity contribution is 0.598. The lowest BCUT2D eigenvalue weighted by Gasteiger charge is -2.11. The summed E-state index contributed by atoms with van der Waals surface area (Å²) in [6.45, 7) is 4.49. The van der Waals surface area contributed by atoms with Crippen LogP contribution in [0.4, 0.5) is 10.1 Å². The zero-order valence-corrected chi connectivity index (χ0v) is 15.8. The first-order chi connectivity index (χ1) is 12.9. The van der Waals surface area contributed by atoms with Crippen LogP contribution in [0.25, 0.3) is 21.8 Å². The number of halogens is 1. The second-order valence-corrected chi connectivity index (χ2v) is 8.16. The number of rotatable bonds is 4. The predicted octanol–water partition coefficient (Wildman–Crippen LogP) is 5.06. The molecule has 0 radical (unpaired) electrons. The standard InChI is InChI=1S/C21H19FN2O2S/c1-3-24-19-7-5-4-6-17(19)18-13-16(9-10-20(18)24)23-27(25,26)21-11-8-15(22)12-14(21)2/h4-13,23H,3H2,1-2H3. The molecule has 1 aromatic heterocycles. The van der Waals surface area contributed by atoms with Crippen LogP contribution in [-0.4, -0.2) is 13.0 Å². The molecule has 6 heteroatoms. The maximum atomic E-state index is 13.3. The Bertz CT molecular complexity index is 1280. The van der Waals surface area contributed by atoms with Crippen molar-refractivity contribution in [2.45, 2.75) is 25.3 Å². The molecule has 27 heavy (non-hydrogen) atoms. The SMILES string of the molecule is CCn1c2ccccc2c2cc(NS(=O)(=O)c3ccc(F)cc3C)ccc21. The molecule has 1 N–H and O–H groups in total. The molecule has 0 aliphatic rings. The Kier molecular flexibility index (Phi) is 4.15. The molecule has 4 nitrogen and oxygen atoms in total. The van der Waals surface area contributed by atoms with Gasteiger partial charge in [-0.25, -0.2) is 12.8 Å². The Hall–Kier alpha value is -2.86. The number of para-hydroxylation sites is 1. The van der Waals surface area contributed by atoms with Gasteiger partial charge in [0.2, 0.25) is 0 Å². The average molecular weight is 382 g/mol. The van der Waals surface area contributed by atoms with Gasteiger partial charge in [-0.2, -0.15) is 0 Å². The second kappa shape index (κ2) is 6.39. The Labute approximate surface area is 157 Å². The minimum Gasteiger partial charge on any atom is -0.341 e. The van der Waals surface area contributed by atoms with Crippen molar-refractivity contribution in [1.82, 2.24) is 4.57 Å². The number of nitrogens with one attached hydrogen (secondary N) is 1. The summed E-state index contributed by atoms with van der Waals surface area (Å²) in [5.74, 6) is -0.458. The normalized spacial score (nSPS) is 12.0. The van der Waals surface area contributed by atoms with Crippen LogP contribution < -0.4 is 4.72 Å². The molecule has 0 amide bonds. The number of anilines is 1. The van der Waals surface area contributed by atoms with Gasteiger partial charge in [-0.05, 0) is 61.9 Å². The fraction of sp³-hybridized carbons (Fsp3) is 0.143. The first-order valence-corrected chi connectivity index (χ1v) is 10.2. The fourth-order valence-corrected chi connectivity index (χ4v) is 4.86. The highest BCUT2D eigenvalue weighted by atomic mass is 32.2. The van der Waals surface area contributed by atoms with Crippen LogP contribution in [0.2, 0.25) is 0 Å². The van der Waals surface area contributed by atoms with E-state index in [2.05, 4.69) is 22.3 Å². The molecule has 0 bridgehead atoms. The summed E-state index contributed by atoms with van der Waals surface area (Å²) < 4.78 is 43.6. The van der Waals surface area contributed by atoms with Crippen LogP contribution in [0.5, 0.6) is 0 Å². The monoisotopic (exact) mass is 382 g/mol. The van der Waals surface area contributed by atoms with Gasteiger partial charge in [0.15, 0.2) is 0 Å². The van der Waals surface area contributed by atoms with Gasteiger partial charge in [0.25, 0.3) is 10.0 Å². The van der Waals surface area contributed by atoms with Crippen molar-refractivity contribution >= 4 is 37.5 Å². The number of sulfonamides is 1. The number of aryl methyl sites for hydroxylation is 2. The minimum atomic E-state index is -3.80. The summed E-state index contributed by atoms with van der Waals surface area (Å²) in [4.78, 5) is 0.0694. The molecule has 4 rings (SSSR count). The predicted molar refractivity (Wildman–Crippen MR) is 107 cm³/mol. The van der Waals surface area contributed by atoms with Gasteiger partial charge in [0, 0.05) is 34.0 Å². The van der Waals surface area contributed by atoms with E-state index in [0.29, 0.717) is 11.3 Å². The van der Waals surface area contributed by atoms with Crippen LogP contribution in [0.3, 0.4) is 0 Å². The summed E-state index contributed by atoms with van der Waals surface area (Å²) in [6.07, 6.45) is 0. The smallest absolute Gasteiger partial charge is 0.262 e. The van der Waals surface area contributed by atoms with E-state index in [1.54, 1.807) is 13.0 Å². The first-order valence-electron chi connectivity index (χ1n) is 8.70. The van der Waals surface area contributed by atoms with E-state index in [-0.39, 0.29) is 4.90 Å². The summed E-state index contributed by atoms with van der Waals surface area (Å²) in [5.41, 5.74) is 3.01. The molecule has 0 saturated carbocycles. The molecule has 1 heterocycles. The van der Waals surface area contributed by atoms with Crippen LogP contribution in [-0.2, 0) is 16.6 Å². The van der Waals surface area contributed by atoms with E-state index in [4.69, 9.17) is 0 Å². The number of aromatic nitrogens is 1. The van der Waals surface area contributed by atoms with Gasteiger partial charge in [-0.1, -0.05) is 18.2 Å². The topological polar surface area (TPSA) is 51.1 Å². The van der Waals surface area contributed by atoms with Gasteiger partial charge < -0.3 is 4.57 Å². The fourth-order valence-electron chi connectivity index (χ4n) is 3.58. The number of hydrogen-bond donors (Lipinski definition) is 1. The molecule has 0 saturated heterocycles. The maximum absolute atomic E-state index is 13.3. The largest absolute Gasteiger partial charge is 0.341 e. The molecule has 3 aromatic carbocycles. The summed E-state index contributed by atoms with van der Waals surface area (Å²) >= 11 is 0. The molecular weight excluding hydrogens is 363 g/mol. The zero-order chi connectivity index (χ0) is 19.2. The molecular formula is C21H19FN2O2S. The third-order valence-corrected chi connectivity index (χ3v) is 6.31. The Morgan fingerprint density at radius 2 is 1.70 bits per heavy atom. The third kappa shape index (κ3) is 2.96. The summed E-state index contributed by atoms with van der Waals surface area (Å²) in [7, 11) is -3.80. The molecule has 0 aliphatic heterocycles. The van der Waals surface area contributed by atoms with Crippen molar-refractivity contribution < 1.29 is 12.8 Å². The van der Waals surface area contributed by atoms with Crippen LogP contribution >= 0.6 is 0 Å². The minimum absolute atomic E-state index is 0.0694. The van der Waals surface area contributed by atoms with Crippen molar-refractivity contribution in [3.05, 3.63) is 72.0 Å². The van der Waals surface area contributed by atoms with Crippen LogP contribution in [0.1, 0.15) is 12.5 Å².